The number of likely N-dealkylation sites (tertiary alicyclic amines) is 1. The van der Waals surface area contributed by atoms with Gasteiger partial charge in [0.15, 0.2) is 5.72 Å². The number of amides is 2. The Morgan fingerprint density at radius 1 is 1.19 bits per heavy atom. The third kappa shape index (κ3) is 2.74. The lowest BCUT2D eigenvalue weighted by atomic mass is 9.59. The molecule has 5 nitrogen and oxygen atoms in total. The Kier molecular flexibility index (Phi) is 3.95. The molecule has 5 heteroatoms. The zero-order chi connectivity index (χ0) is 18.6. The molecule has 2 aliphatic heterocycles. The molecule has 0 aromatic heterocycles. The Morgan fingerprint density at radius 2 is 1.96 bits per heavy atom. The number of fused-ring (bicyclic) bond motifs is 3. The van der Waals surface area contributed by atoms with Crippen LogP contribution in [0.3, 0.4) is 0 Å². The van der Waals surface area contributed by atoms with Crippen LogP contribution < -0.4 is 10.1 Å². The van der Waals surface area contributed by atoms with E-state index in [9.17, 15) is 9.59 Å². The highest BCUT2D eigenvalue weighted by Gasteiger charge is 2.57. The van der Waals surface area contributed by atoms with Gasteiger partial charge in [0.05, 0.1) is 5.56 Å². The van der Waals surface area contributed by atoms with Gasteiger partial charge in [-0.05, 0) is 56.1 Å². The second kappa shape index (κ2) is 6.25. The molecule has 2 amide bonds. The molecule has 2 bridgehead atoms. The minimum Gasteiger partial charge on any atom is -0.467 e. The van der Waals surface area contributed by atoms with Gasteiger partial charge in [-0.25, -0.2) is 0 Å². The van der Waals surface area contributed by atoms with Crippen LogP contribution in [-0.4, -0.2) is 35.5 Å². The van der Waals surface area contributed by atoms with Gasteiger partial charge in [-0.3, -0.25) is 9.59 Å². The number of carbonyl (C=O) groups excluding carboxylic acids is 2. The first-order chi connectivity index (χ1) is 13.1. The van der Waals surface area contributed by atoms with Gasteiger partial charge in [-0.15, -0.1) is 0 Å². The van der Waals surface area contributed by atoms with Crippen molar-refractivity contribution in [1.29, 1.82) is 0 Å². The van der Waals surface area contributed by atoms with Crippen molar-refractivity contribution in [3.05, 3.63) is 29.8 Å². The number of piperidine rings is 1. The van der Waals surface area contributed by atoms with Gasteiger partial charge >= 0.3 is 0 Å². The second-order valence-electron chi connectivity index (χ2n) is 9.03. The van der Waals surface area contributed by atoms with Gasteiger partial charge in [0.1, 0.15) is 5.75 Å². The van der Waals surface area contributed by atoms with Gasteiger partial charge in [0.25, 0.3) is 5.91 Å². The van der Waals surface area contributed by atoms with Crippen LogP contribution in [0.4, 0.5) is 0 Å². The zero-order valence-corrected chi connectivity index (χ0v) is 15.9. The van der Waals surface area contributed by atoms with Crippen LogP contribution in [0.25, 0.3) is 0 Å². The first-order valence-corrected chi connectivity index (χ1v) is 10.4. The highest BCUT2D eigenvalue weighted by molar-refractivity contribution is 5.98. The van der Waals surface area contributed by atoms with E-state index in [1.807, 2.05) is 24.3 Å². The Balaban J connectivity index is 1.35. The number of nitrogens with one attached hydrogen (secondary N) is 1. The van der Waals surface area contributed by atoms with E-state index in [0.717, 1.165) is 57.5 Å². The second-order valence-corrected chi connectivity index (χ2v) is 9.03. The molecule has 2 heterocycles. The number of rotatable bonds is 1. The standard InChI is InChI=1S/C22H28N2O3/c1-14-8-10-24(11-9-14)21(26)18-12-16-7-6-15(18)13-22(16)23-20(25)17-4-2-3-5-19(17)27-22/h2-5,14-16,18H,6-13H2,1H3,(H,23,25)/t15-,16+,18+,22+/m1/s1. The SMILES string of the molecule is CC1CCN(C(=O)[C@H]2C[C@@H]3CC[C@@H]2C[C@@]32NC(=O)c3ccccc3O2)CC1. The number of benzene rings is 1. The molecule has 1 N–H and O–H groups in total. The number of ether oxygens (including phenoxy) is 1. The summed E-state index contributed by atoms with van der Waals surface area (Å²) in [5.41, 5.74) is -0.0127. The Bertz CT molecular complexity index is 771. The molecule has 3 aliphatic carbocycles. The van der Waals surface area contributed by atoms with Gasteiger partial charge < -0.3 is 15.0 Å². The van der Waals surface area contributed by atoms with E-state index in [1.165, 1.54) is 0 Å². The summed E-state index contributed by atoms with van der Waals surface area (Å²) in [4.78, 5) is 27.9. The van der Waals surface area contributed by atoms with Crippen LogP contribution in [0.1, 0.15) is 55.8 Å². The molecule has 5 aliphatic rings. The molecule has 0 radical (unpaired) electrons. The fourth-order valence-corrected chi connectivity index (χ4v) is 5.73. The normalized spacial score (nSPS) is 35.5. The molecule has 3 saturated carbocycles. The Hall–Kier alpha value is -2.04. The van der Waals surface area contributed by atoms with E-state index >= 15 is 0 Å². The van der Waals surface area contributed by atoms with Crippen molar-refractivity contribution in [3.63, 3.8) is 0 Å². The maximum atomic E-state index is 13.2. The van der Waals surface area contributed by atoms with Crippen molar-refractivity contribution >= 4 is 11.8 Å². The molecule has 27 heavy (non-hydrogen) atoms. The highest BCUT2D eigenvalue weighted by atomic mass is 16.5. The van der Waals surface area contributed by atoms with Crippen LogP contribution >= 0.6 is 0 Å². The summed E-state index contributed by atoms with van der Waals surface area (Å²) in [6.07, 6.45) is 5.90. The monoisotopic (exact) mass is 368 g/mol. The van der Waals surface area contributed by atoms with Gasteiger partial charge in [-0.2, -0.15) is 0 Å². The molecule has 6 rings (SSSR count). The van der Waals surface area contributed by atoms with Crippen LogP contribution in [0.5, 0.6) is 5.75 Å². The lowest BCUT2D eigenvalue weighted by molar-refractivity contribution is -0.156. The highest BCUT2D eigenvalue weighted by Crippen LogP contribution is 2.52. The van der Waals surface area contributed by atoms with Crippen molar-refractivity contribution in [1.82, 2.24) is 10.2 Å². The zero-order valence-electron chi connectivity index (χ0n) is 15.9. The molecular formula is C22H28N2O3. The third-order valence-electron chi connectivity index (χ3n) is 7.38. The largest absolute Gasteiger partial charge is 0.467 e. The molecule has 1 spiro atoms. The number of hydrogen-bond acceptors (Lipinski definition) is 3. The van der Waals surface area contributed by atoms with Crippen LogP contribution in [0.2, 0.25) is 0 Å². The van der Waals surface area contributed by atoms with Gasteiger partial charge in [0, 0.05) is 31.3 Å². The quantitative estimate of drug-likeness (QED) is 0.828. The van der Waals surface area contributed by atoms with E-state index in [0.29, 0.717) is 23.1 Å². The lowest BCUT2D eigenvalue weighted by Gasteiger charge is -2.55. The summed E-state index contributed by atoms with van der Waals surface area (Å²) in [6.45, 7) is 4.08. The van der Waals surface area contributed by atoms with Crippen LogP contribution in [-0.2, 0) is 4.79 Å². The average Bonchev–Trinajstić information content (AvgIpc) is 2.68. The number of nitrogens with zero attached hydrogens (tertiary/aromatic N) is 1. The predicted octanol–water partition coefficient (Wildman–Crippen LogP) is 3.20. The summed E-state index contributed by atoms with van der Waals surface area (Å²) in [7, 11) is 0. The third-order valence-corrected chi connectivity index (χ3v) is 7.38. The van der Waals surface area contributed by atoms with Crippen molar-refractivity contribution in [2.45, 2.75) is 51.2 Å². The van der Waals surface area contributed by atoms with E-state index < -0.39 is 5.72 Å². The Labute approximate surface area is 160 Å². The van der Waals surface area contributed by atoms with E-state index in [4.69, 9.17) is 4.74 Å². The minimum atomic E-state index is -0.623. The fourth-order valence-electron chi connectivity index (χ4n) is 5.73. The van der Waals surface area contributed by atoms with Gasteiger partial charge in [-0.1, -0.05) is 19.1 Å². The summed E-state index contributed by atoms with van der Waals surface area (Å²) >= 11 is 0. The number of carbonyl (C=O) groups is 2. The van der Waals surface area contributed by atoms with Gasteiger partial charge in [0.2, 0.25) is 5.91 Å². The molecule has 4 fully saturated rings. The molecule has 1 saturated heterocycles. The molecule has 144 valence electrons. The summed E-state index contributed by atoms with van der Waals surface area (Å²) in [5, 5.41) is 3.18. The van der Waals surface area contributed by atoms with Crippen LogP contribution in [0.15, 0.2) is 24.3 Å². The summed E-state index contributed by atoms with van der Waals surface area (Å²) in [6, 6.07) is 7.47. The van der Waals surface area contributed by atoms with E-state index in [2.05, 4.69) is 17.1 Å². The smallest absolute Gasteiger partial charge is 0.258 e. The predicted molar refractivity (Wildman–Crippen MR) is 101 cm³/mol. The van der Waals surface area contributed by atoms with E-state index in [-0.39, 0.29) is 17.7 Å². The lowest BCUT2D eigenvalue weighted by Crippen LogP contribution is -2.67. The Morgan fingerprint density at radius 3 is 2.70 bits per heavy atom. The van der Waals surface area contributed by atoms with Crippen molar-refractivity contribution in [3.8, 4) is 5.75 Å². The maximum absolute atomic E-state index is 13.2. The summed E-state index contributed by atoms with van der Waals surface area (Å²) in [5.74, 6) is 2.31. The molecule has 1 aromatic carbocycles. The molecule has 4 atom stereocenters. The topological polar surface area (TPSA) is 58.6 Å². The first kappa shape index (κ1) is 17.1. The van der Waals surface area contributed by atoms with Crippen LogP contribution in [0, 0.1) is 23.7 Å². The number of hydrogen-bond donors (Lipinski definition) is 1. The molecule has 0 unspecified atom stereocenters. The van der Waals surface area contributed by atoms with E-state index in [1.54, 1.807) is 0 Å². The summed E-state index contributed by atoms with van der Waals surface area (Å²) < 4.78 is 6.40. The minimum absolute atomic E-state index is 0.0442. The molecular weight excluding hydrogens is 340 g/mol. The molecule has 1 aromatic rings. The average molecular weight is 368 g/mol. The van der Waals surface area contributed by atoms with Crippen molar-refractivity contribution in [2.75, 3.05) is 13.1 Å². The number of para-hydroxylation sites is 1. The van der Waals surface area contributed by atoms with Crippen molar-refractivity contribution in [2.24, 2.45) is 23.7 Å². The van der Waals surface area contributed by atoms with Crippen molar-refractivity contribution < 1.29 is 14.3 Å². The fraction of sp³-hybridized carbons (Fsp3) is 0.636. The first-order valence-electron chi connectivity index (χ1n) is 10.4. The maximum Gasteiger partial charge on any atom is 0.258 e.